The fourth-order valence-electron chi connectivity index (χ4n) is 1.75. The van der Waals surface area contributed by atoms with E-state index in [4.69, 9.17) is 11.0 Å². The van der Waals surface area contributed by atoms with Crippen LogP contribution in [0.15, 0.2) is 42.5 Å². The third kappa shape index (κ3) is 2.25. The lowest BCUT2D eigenvalue weighted by Crippen LogP contribution is -2.11. The maximum Gasteiger partial charge on any atom is 0.125 e. The molecule has 0 amide bonds. The number of hydrogen-bond donors (Lipinski definition) is 1. The second-order valence-electron chi connectivity index (χ2n) is 3.92. The van der Waals surface area contributed by atoms with Gasteiger partial charge in [0.15, 0.2) is 0 Å². The molecule has 0 bridgehead atoms. The zero-order valence-electron chi connectivity index (χ0n) is 9.89. The van der Waals surface area contributed by atoms with E-state index in [2.05, 4.69) is 6.07 Å². The highest BCUT2D eigenvalue weighted by molar-refractivity contribution is 5.74. The number of nitriles is 1. The van der Waals surface area contributed by atoms with Gasteiger partial charge in [0.25, 0.3) is 0 Å². The lowest BCUT2D eigenvalue weighted by atomic mass is 10.2. The molecule has 0 radical (unpaired) electrons. The molecular weight excluding hydrogens is 229 g/mol. The van der Waals surface area contributed by atoms with E-state index in [0.29, 0.717) is 16.9 Å². The van der Waals surface area contributed by atoms with Crippen LogP contribution in [0.3, 0.4) is 0 Å². The van der Waals surface area contributed by atoms with Crippen LogP contribution in [0.2, 0.25) is 0 Å². The Morgan fingerprint density at radius 2 is 2.00 bits per heavy atom. The summed E-state index contributed by atoms with van der Waals surface area (Å²) in [7, 11) is 1.82. The standard InChI is InChI=1S/C14H12FN3/c1-18(12-4-2-3-10(7-12)9-16)14-6-5-11(15)8-13(14)17/h2-8H,17H2,1H3. The highest BCUT2D eigenvalue weighted by Gasteiger charge is 2.08. The Balaban J connectivity index is 2.41. The third-order valence-corrected chi connectivity index (χ3v) is 2.71. The van der Waals surface area contributed by atoms with Crippen LogP contribution in [-0.2, 0) is 0 Å². The molecule has 18 heavy (non-hydrogen) atoms. The molecule has 0 aromatic heterocycles. The maximum absolute atomic E-state index is 13.0. The first-order valence-corrected chi connectivity index (χ1v) is 5.41. The summed E-state index contributed by atoms with van der Waals surface area (Å²) >= 11 is 0. The maximum atomic E-state index is 13.0. The Bertz CT molecular complexity index is 617. The number of hydrogen-bond acceptors (Lipinski definition) is 3. The average Bonchev–Trinajstić information content (AvgIpc) is 2.38. The Morgan fingerprint density at radius 3 is 2.67 bits per heavy atom. The average molecular weight is 241 g/mol. The van der Waals surface area contributed by atoms with E-state index in [-0.39, 0.29) is 5.82 Å². The van der Waals surface area contributed by atoms with Crippen LogP contribution in [0.25, 0.3) is 0 Å². The van der Waals surface area contributed by atoms with E-state index in [1.165, 1.54) is 12.1 Å². The lowest BCUT2D eigenvalue weighted by molar-refractivity contribution is 0.628. The van der Waals surface area contributed by atoms with Crippen molar-refractivity contribution >= 4 is 17.1 Å². The highest BCUT2D eigenvalue weighted by Crippen LogP contribution is 2.29. The van der Waals surface area contributed by atoms with E-state index >= 15 is 0 Å². The molecule has 90 valence electrons. The van der Waals surface area contributed by atoms with Gasteiger partial charge in [0, 0.05) is 12.7 Å². The van der Waals surface area contributed by atoms with Gasteiger partial charge in [0.05, 0.1) is 23.0 Å². The summed E-state index contributed by atoms with van der Waals surface area (Å²) in [5.41, 5.74) is 8.24. The third-order valence-electron chi connectivity index (χ3n) is 2.71. The predicted molar refractivity (Wildman–Crippen MR) is 70.0 cm³/mol. The monoisotopic (exact) mass is 241 g/mol. The van der Waals surface area contributed by atoms with Crippen molar-refractivity contribution in [1.82, 2.24) is 0 Å². The number of rotatable bonds is 2. The number of nitrogens with two attached hydrogens (primary N) is 1. The molecule has 0 aliphatic rings. The molecule has 0 fully saturated rings. The summed E-state index contributed by atoms with van der Waals surface area (Å²) in [5.74, 6) is -0.365. The molecule has 2 N–H and O–H groups in total. The molecule has 0 saturated heterocycles. The van der Waals surface area contributed by atoms with Crippen LogP contribution >= 0.6 is 0 Å². The Hall–Kier alpha value is -2.54. The van der Waals surface area contributed by atoms with Crippen LogP contribution in [0.4, 0.5) is 21.5 Å². The van der Waals surface area contributed by atoms with Crippen molar-refractivity contribution in [2.45, 2.75) is 0 Å². The summed E-state index contributed by atoms with van der Waals surface area (Å²) < 4.78 is 13.0. The topological polar surface area (TPSA) is 53.0 Å². The number of nitrogen functional groups attached to an aromatic ring is 1. The second-order valence-corrected chi connectivity index (χ2v) is 3.92. The van der Waals surface area contributed by atoms with Crippen LogP contribution in [0, 0.1) is 17.1 Å². The molecule has 4 heteroatoms. The predicted octanol–water partition coefficient (Wildman–Crippen LogP) is 3.05. The first-order valence-electron chi connectivity index (χ1n) is 5.41. The normalized spacial score (nSPS) is 9.83. The molecule has 0 aliphatic carbocycles. The summed E-state index contributed by atoms with van der Waals surface area (Å²) in [6.07, 6.45) is 0. The number of nitrogens with zero attached hydrogens (tertiary/aromatic N) is 2. The van der Waals surface area contributed by atoms with Crippen LogP contribution in [-0.4, -0.2) is 7.05 Å². The smallest absolute Gasteiger partial charge is 0.125 e. The minimum absolute atomic E-state index is 0.361. The first-order chi connectivity index (χ1) is 8.61. The van der Waals surface area contributed by atoms with Gasteiger partial charge in [-0.25, -0.2) is 4.39 Å². The Morgan fingerprint density at radius 1 is 1.22 bits per heavy atom. The molecule has 0 unspecified atom stereocenters. The van der Waals surface area contributed by atoms with Gasteiger partial charge >= 0.3 is 0 Å². The first kappa shape index (κ1) is 11.9. The summed E-state index contributed by atoms with van der Waals surface area (Å²) in [5, 5.41) is 8.86. The van der Waals surface area contributed by atoms with E-state index < -0.39 is 0 Å². The van der Waals surface area contributed by atoms with Crippen molar-refractivity contribution < 1.29 is 4.39 Å². The van der Waals surface area contributed by atoms with Gasteiger partial charge in [-0.1, -0.05) is 6.07 Å². The van der Waals surface area contributed by atoms with Crippen molar-refractivity contribution in [2.75, 3.05) is 17.7 Å². The summed E-state index contributed by atoms with van der Waals surface area (Å²) in [6, 6.07) is 13.5. The zero-order valence-corrected chi connectivity index (χ0v) is 9.89. The minimum Gasteiger partial charge on any atom is -0.397 e. The lowest BCUT2D eigenvalue weighted by Gasteiger charge is -2.21. The molecule has 2 aromatic rings. The van der Waals surface area contributed by atoms with Crippen LogP contribution in [0.1, 0.15) is 5.56 Å². The molecule has 2 rings (SSSR count). The van der Waals surface area contributed by atoms with Crippen LogP contribution in [0.5, 0.6) is 0 Å². The van der Waals surface area contributed by atoms with Crippen LogP contribution < -0.4 is 10.6 Å². The SMILES string of the molecule is CN(c1cccc(C#N)c1)c1ccc(F)cc1N. The molecular formula is C14H12FN3. The number of halogens is 1. The molecule has 0 saturated carbocycles. The zero-order chi connectivity index (χ0) is 13.1. The highest BCUT2D eigenvalue weighted by atomic mass is 19.1. The van der Waals surface area contributed by atoms with Crippen molar-refractivity contribution in [1.29, 1.82) is 5.26 Å². The van der Waals surface area contributed by atoms with E-state index in [0.717, 1.165) is 5.69 Å². The summed E-state index contributed by atoms with van der Waals surface area (Å²) in [6.45, 7) is 0. The van der Waals surface area contributed by atoms with Gasteiger partial charge in [0.2, 0.25) is 0 Å². The van der Waals surface area contributed by atoms with E-state index in [1.807, 2.05) is 18.0 Å². The molecule has 0 aliphatic heterocycles. The van der Waals surface area contributed by atoms with E-state index in [9.17, 15) is 4.39 Å². The fraction of sp³-hybridized carbons (Fsp3) is 0.0714. The second kappa shape index (κ2) is 4.76. The van der Waals surface area contributed by atoms with Crippen molar-refractivity contribution in [3.8, 4) is 6.07 Å². The minimum atomic E-state index is -0.365. The molecule has 3 nitrogen and oxygen atoms in total. The van der Waals surface area contributed by atoms with Crippen molar-refractivity contribution in [2.24, 2.45) is 0 Å². The Kier molecular flexibility index (Phi) is 3.16. The Labute approximate surface area is 105 Å². The van der Waals surface area contributed by atoms with Crippen molar-refractivity contribution in [3.05, 3.63) is 53.8 Å². The van der Waals surface area contributed by atoms with Gasteiger partial charge in [0.1, 0.15) is 5.82 Å². The van der Waals surface area contributed by atoms with Gasteiger partial charge in [-0.15, -0.1) is 0 Å². The largest absolute Gasteiger partial charge is 0.397 e. The van der Waals surface area contributed by atoms with Crippen molar-refractivity contribution in [3.63, 3.8) is 0 Å². The molecule has 2 aromatic carbocycles. The van der Waals surface area contributed by atoms with E-state index in [1.54, 1.807) is 24.3 Å². The molecule has 0 atom stereocenters. The quantitative estimate of drug-likeness (QED) is 0.822. The molecule has 0 heterocycles. The van der Waals surface area contributed by atoms with Gasteiger partial charge in [-0.05, 0) is 36.4 Å². The van der Waals surface area contributed by atoms with Gasteiger partial charge < -0.3 is 10.6 Å². The number of anilines is 3. The fourth-order valence-corrected chi connectivity index (χ4v) is 1.75. The molecule has 0 spiro atoms. The van der Waals surface area contributed by atoms with Gasteiger partial charge in [-0.3, -0.25) is 0 Å². The van der Waals surface area contributed by atoms with Gasteiger partial charge in [-0.2, -0.15) is 5.26 Å². The number of benzene rings is 2. The summed E-state index contributed by atoms with van der Waals surface area (Å²) in [4.78, 5) is 1.82.